The fourth-order valence-corrected chi connectivity index (χ4v) is 1.61. The van der Waals surface area contributed by atoms with Crippen molar-refractivity contribution in [2.75, 3.05) is 18.5 Å². The summed E-state index contributed by atoms with van der Waals surface area (Å²) in [5, 5.41) is 0. The van der Waals surface area contributed by atoms with E-state index < -0.39 is 0 Å². The maximum absolute atomic E-state index is 13.8. The van der Waals surface area contributed by atoms with Crippen molar-refractivity contribution in [3.8, 4) is 0 Å². The highest BCUT2D eigenvalue weighted by Gasteiger charge is 2.10. The number of carbonyl (C=O) groups is 1. The quantitative estimate of drug-likeness (QED) is 0.730. The Bertz CT molecular complexity index is 401. The van der Waals surface area contributed by atoms with Crippen LogP contribution in [0.4, 0.5) is 10.1 Å². The zero-order valence-electron chi connectivity index (χ0n) is 11.0. The number of halogens is 1. The lowest BCUT2D eigenvalue weighted by Crippen LogP contribution is -2.21. The SMILES string of the molecule is CC(=O)c1ccc(N(C)CCC(C)C)c(F)c1. The van der Waals surface area contributed by atoms with Crippen LogP contribution in [0.5, 0.6) is 0 Å². The van der Waals surface area contributed by atoms with Crippen LogP contribution < -0.4 is 4.90 Å². The topological polar surface area (TPSA) is 20.3 Å². The van der Waals surface area contributed by atoms with Crippen molar-refractivity contribution in [3.63, 3.8) is 0 Å². The molecule has 0 fully saturated rings. The van der Waals surface area contributed by atoms with Crippen molar-refractivity contribution in [3.05, 3.63) is 29.6 Å². The largest absolute Gasteiger partial charge is 0.372 e. The molecule has 0 amide bonds. The fourth-order valence-electron chi connectivity index (χ4n) is 1.61. The van der Waals surface area contributed by atoms with E-state index >= 15 is 0 Å². The Hall–Kier alpha value is -1.38. The lowest BCUT2D eigenvalue weighted by atomic mass is 10.1. The third-order valence-electron chi connectivity index (χ3n) is 2.81. The summed E-state index contributed by atoms with van der Waals surface area (Å²) >= 11 is 0. The maximum Gasteiger partial charge on any atom is 0.159 e. The minimum Gasteiger partial charge on any atom is -0.372 e. The monoisotopic (exact) mass is 237 g/mol. The summed E-state index contributed by atoms with van der Waals surface area (Å²) in [6, 6.07) is 4.66. The third kappa shape index (κ3) is 3.84. The van der Waals surface area contributed by atoms with Gasteiger partial charge in [-0.15, -0.1) is 0 Å². The van der Waals surface area contributed by atoms with Crippen molar-refractivity contribution in [1.82, 2.24) is 0 Å². The lowest BCUT2D eigenvalue weighted by Gasteiger charge is -2.21. The Labute approximate surface area is 102 Å². The molecular weight excluding hydrogens is 217 g/mol. The lowest BCUT2D eigenvalue weighted by molar-refractivity contribution is 0.101. The molecule has 3 heteroatoms. The van der Waals surface area contributed by atoms with Crippen LogP contribution in [0.3, 0.4) is 0 Å². The van der Waals surface area contributed by atoms with Gasteiger partial charge in [0, 0.05) is 19.2 Å². The average Bonchev–Trinajstić information content (AvgIpc) is 2.25. The van der Waals surface area contributed by atoms with Crippen molar-refractivity contribution >= 4 is 11.5 Å². The predicted octanol–water partition coefficient (Wildman–Crippen LogP) is 3.51. The van der Waals surface area contributed by atoms with E-state index in [2.05, 4.69) is 13.8 Å². The Balaban J connectivity index is 2.81. The van der Waals surface area contributed by atoms with Crippen LogP contribution in [-0.4, -0.2) is 19.4 Å². The predicted molar refractivity (Wildman–Crippen MR) is 69.1 cm³/mol. The molecule has 0 bridgehead atoms. The Morgan fingerprint density at radius 3 is 2.53 bits per heavy atom. The van der Waals surface area contributed by atoms with Crippen LogP contribution in [0.15, 0.2) is 18.2 Å². The third-order valence-corrected chi connectivity index (χ3v) is 2.81. The number of rotatable bonds is 5. The second-order valence-electron chi connectivity index (χ2n) is 4.83. The first kappa shape index (κ1) is 13.7. The second kappa shape index (κ2) is 5.80. The van der Waals surface area contributed by atoms with Gasteiger partial charge in [0.15, 0.2) is 5.78 Å². The van der Waals surface area contributed by atoms with Gasteiger partial charge in [0.05, 0.1) is 5.69 Å². The molecule has 0 atom stereocenters. The van der Waals surface area contributed by atoms with Gasteiger partial charge in [-0.3, -0.25) is 4.79 Å². The van der Waals surface area contributed by atoms with Gasteiger partial charge < -0.3 is 4.90 Å². The molecule has 0 aliphatic rings. The maximum atomic E-state index is 13.8. The molecular formula is C14H20FNO. The first-order chi connectivity index (χ1) is 7.91. The summed E-state index contributed by atoms with van der Waals surface area (Å²) in [6.07, 6.45) is 1.02. The van der Waals surface area contributed by atoms with Crippen LogP contribution in [0.2, 0.25) is 0 Å². The van der Waals surface area contributed by atoms with Crippen LogP contribution in [0, 0.1) is 11.7 Å². The first-order valence-electron chi connectivity index (χ1n) is 5.93. The number of hydrogen-bond donors (Lipinski definition) is 0. The van der Waals surface area contributed by atoms with Gasteiger partial charge in [0.25, 0.3) is 0 Å². The standard InChI is InChI=1S/C14H20FNO/c1-10(2)7-8-16(4)14-6-5-12(11(3)17)9-13(14)15/h5-6,9-10H,7-8H2,1-4H3. The molecule has 0 N–H and O–H groups in total. The Kier molecular flexibility index (Phi) is 4.67. The van der Waals surface area contributed by atoms with Crippen LogP contribution in [0.1, 0.15) is 37.6 Å². The fraction of sp³-hybridized carbons (Fsp3) is 0.500. The molecule has 1 aromatic carbocycles. The van der Waals surface area contributed by atoms with E-state index in [4.69, 9.17) is 0 Å². The van der Waals surface area contributed by atoms with Gasteiger partial charge in [-0.2, -0.15) is 0 Å². The van der Waals surface area contributed by atoms with E-state index in [0.29, 0.717) is 17.2 Å². The number of ketones is 1. The smallest absolute Gasteiger partial charge is 0.159 e. The van der Waals surface area contributed by atoms with Crippen LogP contribution >= 0.6 is 0 Å². The van der Waals surface area contributed by atoms with Crippen molar-refractivity contribution in [1.29, 1.82) is 0 Å². The molecule has 0 aliphatic carbocycles. The minimum absolute atomic E-state index is 0.111. The van der Waals surface area contributed by atoms with Crippen LogP contribution in [0.25, 0.3) is 0 Å². The molecule has 0 aliphatic heterocycles. The minimum atomic E-state index is -0.330. The summed E-state index contributed by atoms with van der Waals surface area (Å²) in [7, 11) is 1.87. The van der Waals surface area contributed by atoms with Crippen molar-refractivity contribution in [2.24, 2.45) is 5.92 Å². The molecule has 17 heavy (non-hydrogen) atoms. The number of hydrogen-bond acceptors (Lipinski definition) is 2. The van der Waals surface area contributed by atoms with Gasteiger partial charge in [0.1, 0.15) is 5.82 Å². The van der Waals surface area contributed by atoms with E-state index in [0.717, 1.165) is 13.0 Å². The van der Waals surface area contributed by atoms with Crippen LogP contribution in [-0.2, 0) is 0 Å². The molecule has 0 heterocycles. The van der Waals surface area contributed by atoms with E-state index in [1.807, 2.05) is 11.9 Å². The second-order valence-corrected chi connectivity index (χ2v) is 4.83. The summed E-state index contributed by atoms with van der Waals surface area (Å²) in [5.41, 5.74) is 0.971. The molecule has 0 saturated carbocycles. The zero-order chi connectivity index (χ0) is 13.0. The number of carbonyl (C=O) groups excluding carboxylic acids is 1. The number of benzene rings is 1. The molecule has 94 valence electrons. The van der Waals surface area contributed by atoms with E-state index in [-0.39, 0.29) is 11.6 Å². The summed E-state index contributed by atoms with van der Waals surface area (Å²) in [4.78, 5) is 13.0. The highest BCUT2D eigenvalue weighted by atomic mass is 19.1. The molecule has 0 aromatic heterocycles. The van der Waals surface area contributed by atoms with Gasteiger partial charge in [-0.25, -0.2) is 4.39 Å². The van der Waals surface area contributed by atoms with E-state index in [9.17, 15) is 9.18 Å². The first-order valence-corrected chi connectivity index (χ1v) is 5.93. The van der Waals surface area contributed by atoms with E-state index in [1.165, 1.54) is 13.0 Å². The average molecular weight is 237 g/mol. The summed E-state index contributed by atoms with van der Waals surface area (Å²) in [5.74, 6) is 0.154. The van der Waals surface area contributed by atoms with Gasteiger partial charge >= 0.3 is 0 Å². The van der Waals surface area contributed by atoms with E-state index in [1.54, 1.807) is 12.1 Å². The normalized spacial score (nSPS) is 10.7. The van der Waals surface area contributed by atoms with Gasteiger partial charge in [0.2, 0.25) is 0 Å². The molecule has 1 rings (SSSR count). The Morgan fingerprint density at radius 1 is 1.41 bits per heavy atom. The number of Topliss-reactive ketones (excluding diaryl/α,β-unsaturated/α-hetero) is 1. The molecule has 1 aromatic rings. The molecule has 0 saturated heterocycles. The summed E-state index contributed by atoms with van der Waals surface area (Å²) in [6.45, 7) is 6.54. The van der Waals surface area contributed by atoms with Gasteiger partial charge in [-0.1, -0.05) is 13.8 Å². The van der Waals surface area contributed by atoms with Crippen molar-refractivity contribution in [2.45, 2.75) is 27.2 Å². The number of anilines is 1. The molecule has 0 spiro atoms. The van der Waals surface area contributed by atoms with Crippen molar-refractivity contribution < 1.29 is 9.18 Å². The Morgan fingerprint density at radius 2 is 2.06 bits per heavy atom. The summed E-state index contributed by atoms with van der Waals surface area (Å²) < 4.78 is 13.8. The molecule has 2 nitrogen and oxygen atoms in total. The molecule has 0 unspecified atom stereocenters. The highest BCUT2D eigenvalue weighted by Crippen LogP contribution is 2.20. The number of nitrogens with zero attached hydrogens (tertiary/aromatic N) is 1. The zero-order valence-corrected chi connectivity index (χ0v) is 11.0. The highest BCUT2D eigenvalue weighted by molar-refractivity contribution is 5.94. The molecule has 0 radical (unpaired) electrons. The van der Waals surface area contributed by atoms with Gasteiger partial charge in [-0.05, 0) is 37.5 Å².